The van der Waals surface area contributed by atoms with Gasteiger partial charge < -0.3 is 10.1 Å². The normalized spacial score (nSPS) is 10.2. The number of nitrogens with one attached hydrogen (secondary N) is 1. The maximum atomic E-state index is 12.2. The summed E-state index contributed by atoms with van der Waals surface area (Å²) in [5.41, 5.74) is -0.363. The summed E-state index contributed by atoms with van der Waals surface area (Å²) < 4.78 is 0. The number of rotatable bonds is 3. The topological polar surface area (TPSA) is 87.2 Å². The van der Waals surface area contributed by atoms with Crippen LogP contribution in [0.5, 0.6) is 5.75 Å². The molecule has 0 aliphatic rings. The fourth-order valence-corrected chi connectivity index (χ4v) is 1.70. The zero-order chi connectivity index (χ0) is 14.0. The third-order valence-corrected chi connectivity index (χ3v) is 2.69. The van der Waals surface area contributed by atoms with E-state index in [1.165, 1.54) is 31.3 Å². The molecule has 5 heteroatoms. The Morgan fingerprint density at radius 1 is 1.16 bits per heavy atom. The summed E-state index contributed by atoms with van der Waals surface area (Å²) in [5, 5.41) is 9.62. The van der Waals surface area contributed by atoms with Gasteiger partial charge in [-0.3, -0.25) is 14.4 Å². The number of hydrogen-bond donors (Lipinski definition) is 2. The summed E-state index contributed by atoms with van der Waals surface area (Å²) >= 11 is 0. The average Bonchev–Trinajstić information content (AvgIpc) is 2.38. The van der Waals surface area contributed by atoms with Crippen molar-refractivity contribution in [1.82, 2.24) is 4.98 Å². The Bertz CT molecular complexity index is 715. The van der Waals surface area contributed by atoms with E-state index in [0.717, 1.165) is 0 Å². The van der Waals surface area contributed by atoms with E-state index in [2.05, 4.69) is 4.98 Å². The lowest BCUT2D eigenvalue weighted by molar-refractivity contribution is 0.101. The number of phenols is 1. The number of carbonyl (C=O) groups is 2. The number of aromatic amines is 1. The van der Waals surface area contributed by atoms with Crippen molar-refractivity contribution in [3.05, 3.63) is 63.6 Å². The second kappa shape index (κ2) is 4.89. The number of benzene rings is 1. The molecule has 0 atom stereocenters. The maximum Gasteiger partial charge on any atom is 0.258 e. The summed E-state index contributed by atoms with van der Waals surface area (Å²) in [6.07, 6.45) is 1.23. The highest BCUT2D eigenvalue weighted by Crippen LogP contribution is 2.19. The molecule has 2 N–H and O–H groups in total. The van der Waals surface area contributed by atoms with Crippen LogP contribution in [-0.2, 0) is 0 Å². The standard InChI is InChI=1S/C14H11NO4/c1-8(16)11-6-9(7-15-14(11)19)13(18)10-4-2-3-5-12(10)17/h2-7,17H,1H3,(H,15,19). The molecule has 0 saturated heterocycles. The van der Waals surface area contributed by atoms with Crippen molar-refractivity contribution in [3.8, 4) is 5.75 Å². The number of aromatic hydroxyl groups is 1. The minimum absolute atomic E-state index is 0.0822. The lowest BCUT2D eigenvalue weighted by atomic mass is 10.0. The molecule has 0 aliphatic heterocycles. The first-order valence-electron chi connectivity index (χ1n) is 5.57. The van der Waals surface area contributed by atoms with Crippen LogP contribution in [0.1, 0.15) is 33.2 Å². The van der Waals surface area contributed by atoms with Gasteiger partial charge in [-0.05, 0) is 25.1 Å². The molecule has 1 aromatic carbocycles. The number of aromatic nitrogens is 1. The monoisotopic (exact) mass is 257 g/mol. The van der Waals surface area contributed by atoms with Crippen molar-refractivity contribution in [3.63, 3.8) is 0 Å². The Kier molecular flexibility index (Phi) is 3.29. The zero-order valence-electron chi connectivity index (χ0n) is 10.1. The maximum absolute atomic E-state index is 12.2. The number of ketones is 2. The first kappa shape index (κ1) is 12.8. The zero-order valence-corrected chi connectivity index (χ0v) is 10.1. The number of phenolic OH excluding ortho intramolecular Hbond substituents is 1. The van der Waals surface area contributed by atoms with Gasteiger partial charge in [0, 0.05) is 11.8 Å². The van der Waals surface area contributed by atoms with Gasteiger partial charge in [0.25, 0.3) is 5.56 Å². The molecule has 0 amide bonds. The number of H-pyrrole nitrogens is 1. The molecule has 0 fully saturated rings. The molecule has 1 aromatic heterocycles. The molecule has 2 rings (SSSR count). The molecule has 5 nitrogen and oxygen atoms in total. The highest BCUT2D eigenvalue weighted by atomic mass is 16.3. The predicted octanol–water partition coefficient (Wildman–Crippen LogP) is 1.51. The lowest BCUT2D eigenvalue weighted by Crippen LogP contribution is -2.17. The number of carbonyl (C=O) groups excluding carboxylic acids is 2. The Balaban J connectivity index is 2.52. The number of Topliss-reactive ketones (excluding diaryl/α,β-unsaturated/α-hetero) is 1. The van der Waals surface area contributed by atoms with Crippen LogP contribution in [0.25, 0.3) is 0 Å². The summed E-state index contributed by atoms with van der Waals surface area (Å²) in [7, 11) is 0. The number of pyridine rings is 1. The Hall–Kier alpha value is -2.69. The van der Waals surface area contributed by atoms with E-state index in [1.807, 2.05) is 0 Å². The van der Waals surface area contributed by atoms with Gasteiger partial charge in [0.15, 0.2) is 11.6 Å². The van der Waals surface area contributed by atoms with E-state index >= 15 is 0 Å². The van der Waals surface area contributed by atoms with E-state index < -0.39 is 17.1 Å². The number of para-hydroxylation sites is 1. The van der Waals surface area contributed by atoms with Gasteiger partial charge in [-0.2, -0.15) is 0 Å². The van der Waals surface area contributed by atoms with Crippen molar-refractivity contribution < 1.29 is 14.7 Å². The SMILES string of the molecule is CC(=O)c1cc(C(=O)c2ccccc2O)c[nH]c1=O. The Labute approximate surface area is 108 Å². The van der Waals surface area contributed by atoms with Gasteiger partial charge in [-0.15, -0.1) is 0 Å². The van der Waals surface area contributed by atoms with Gasteiger partial charge >= 0.3 is 0 Å². The summed E-state index contributed by atoms with van der Waals surface area (Å²) in [4.78, 5) is 37.2. The largest absolute Gasteiger partial charge is 0.507 e. The second-order valence-electron chi connectivity index (χ2n) is 4.03. The molecule has 0 radical (unpaired) electrons. The van der Waals surface area contributed by atoms with Crippen LogP contribution in [0.4, 0.5) is 0 Å². The minimum Gasteiger partial charge on any atom is -0.507 e. The van der Waals surface area contributed by atoms with Crippen LogP contribution >= 0.6 is 0 Å². The van der Waals surface area contributed by atoms with Crippen LogP contribution in [0.2, 0.25) is 0 Å². The van der Waals surface area contributed by atoms with E-state index in [1.54, 1.807) is 12.1 Å². The van der Waals surface area contributed by atoms with Crippen LogP contribution in [0.3, 0.4) is 0 Å². The lowest BCUT2D eigenvalue weighted by Gasteiger charge is -2.04. The summed E-state index contributed by atoms with van der Waals surface area (Å²) in [6.45, 7) is 1.25. The highest BCUT2D eigenvalue weighted by Gasteiger charge is 2.15. The molecule has 0 unspecified atom stereocenters. The van der Waals surface area contributed by atoms with Gasteiger partial charge in [-0.1, -0.05) is 12.1 Å². The molecular formula is C14H11NO4. The molecule has 1 heterocycles. The van der Waals surface area contributed by atoms with Crippen LogP contribution in [0.15, 0.2) is 41.3 Å². The van der Waals surface area contributed by atoms with E-state index in [-0.39, 0.29) is 22.4 Å². The van der Waals surface area contributed by atoms with Gasteiger partial charge in [0.05, 0.1) is 11.1 Å². The fraction of sp³-hybridized carbons (Fsp3) is 0.0714. The first-order chi connectivity index (χ1) is 9.00. The quantitative estimate of drug-likeness (QED) is 0.816. The summed E-state index contributed by atoms with van der Waals surface area (Å²) in [5.74, 6) is -1.03. The van der Waals surface area contributed by atoms with Crippen molar-refractivity contribution in [2.24, 2.45) is 0 Å². The van der Waals surface area contributed by atoms with Gasteiger partial charge in [-0.25, -0.2) is 0 Å². The molecule has 2 aromatic rings. The van der Waals surface area contributed by atoms with Gasteiger partial charge in [0.2, 0.25) is 0 Å². The van der Waals surface area contributed by atoms with E-state index in [9.17, 15) is 19.5 Å². The molecule has 0 bridgehead atoms. The average molecular weight is 257 g/mol. The van der Waals surface area contributed by atoms with Crippen LogP contribution < -0.4 is 5.56 Å². The van der Waals surface area contributed by atoms with Crippen molar-refractivity contribution in [2.45, 2.75) is 6.92 Å². The molecule has 0 saturated carbocycles. The van der Waals surface area contributed by atoms with Crippen molar-refractivity contribution in [2.75, 3.05) is 0 Å². The summed E-state index contributed by atoms with van der Waals surface area (Å²) in [6, 6.07) is 7.31. The Morgan fingerprint density at radius 2 is 1.84 bits per heavy atom. The molecular weight excluding hydrogens is 246 g/mol. The Morgan fingerprint density at radius 3 is 2.47 bits per heavy atom. The molecule has 19 heavy (non-hydrogen) atoms. The van der Waals surface area contributed by atoms with E-state index in [0.29, 0.717) is 0 Å². The molecule has 96 valence electrons. The smallest absolute Gasteiger partial charge is 0.258 e. The molecule has 0 aliphatic carbocycles. The fourth-order valence-electron chi connectivity index (χ4n) is 1.70. The predicted molar refractivity (Wildman–Crippen MR) is 68.6 cm³/mol. The third kappa shape index (κ3) is 2.44. The second-order valence-corrected chi connectivity index (χ2v) is 4.03. The van der Waals surface area contributed by atoms with Crippen LogP contribution in [0, 0.1) is 0 Å². The van der Waals surface area contributed by atoms with Crippen molar-refractivity contribution in [1.29, 1.82) is 0 Å². The molecule has 0 spiro atoms. The first-order valence-corrected chi connectivity index (χ1v) is 5.57. The van der Waals surface area contributed by atoms with Crippen molar-refractivity contribution >= 4 is 11.6 Å². The van der Waals surface area contributed by atoms with E-state index in [4.69, 9.17) is 0 Å². The number of hydrogen-bond acceptors (Lipinski definition) is 4. The minimum atomic E-state index is -0.540. The highest BCUT2D eigenvalue weighted by molar-refractivity contribution is 6.11. The third-order valence-electron chi connectivity index (χ3n) is 2.69. The van der Waals surface area contributed by atoms with Gasteiger partial charge in [0.1, 0.15) is 5.75 Å². The van der Waals surface area contributed by atoms with Crippen LogP contribution in [-0.4, -0.2) is 21.7 Å².